The number of carbonyl (C=O) groups excluding carboxylic acids is 1. The van der Waals surface area contributed by atoms with Crippen LogP contribution in [0.25, 0.3) is 22.2 Å². The molecule has 0 radical (unpaired) electrons. The van der Waals surface area contributed by atoms with Crippen molar-refractivity contribution in [3.63, 3.8) is 0 Å². The number of fused-ring (bicyclic) bond motifs is 6. The normalized spacial score (nSPS) is 18.4. The lowest BCUT2D eigenvalue weighted by Gasteiger charge is -2.34. The number of aromatic hydroxyl groups is 1. The third kappa shape index (κ3) is 4.37. The van der Waals surface area contributed by atoms with E-state index < -0.39 is 12.0 Å². The van der Waals surface area contributed by atoms with E-state index in [0.29, 0.717) is 24.6 Å². The number of ether oxygens (including phenoxy) is 2. The van der Waals surface area contributed by atoms with Gasteiger partial charge < -0.3 is 29.2 Å². The van der Waals surface area contributed by atoms with Crippen LogP contribution in [0.1, 0.15) is 65.1 Å². The number of carbonyl (C=O) groups is 2. The first-order valence-corrected chi connectivity index (χ1v) is 14.7. The lowest BCUT2D eigenvalue weighted by atomic mass is 9.81. The van der Waals surface area contributed by atoms with Crippen molar-refractivity contribution in [3.8, 4) is 28.5 Å². The molecule has 0 bridgehead atoms. The number of methoxy groups -OCH3 is 1. The Morgan fingerprint density at radius 1 is 0.976 bits per heavy atom. The monoisotopic (exact) mass is 566 g/mol. The molecule has 1 saturated carbocycles. The number of benzene rings is 3. The topological polar surface area (TPSA) is 101 Å². The summed E-state index contributed by atoms with van der Waals surface area (Å²) < 4.78 is 14.0. The second-order valence-electron chi connectivity index (χ2n) is 11.6. The molecule has 2 aliphatic heterocycles. The summed E-state index contributed by atoms with van der Waals surface area (Å²) in [6.07, 6.45) is 6.09. The third-order valence-corrected chi connectivity index (χ3v) is 9.25. The predicted octanol–water partition coefficient (Wildman–Crippen LogP) is 6.11. The van der Waals surface area contributed by atoms with Gasteiger partial charge in [-0.1, -0.05) is 31.4 Å². The van der Waals surface area contributed by atoms with E-state index in [1.54, 1.807) is 25.3 Å². The summed E-state index contributed by atoms with van der Waals surface area (Å²) in [7, 11) is 1.65. The number of aliphatic carboxylic acids is 1. The number of hydrogen-bond donors (Lipinski definition) is 2. The molecule has 7 rings (SSSR count). The van der Waals surface area contributed by atoms with Crippen molar-refractivity contribution in [2.75, 3.05) is 13.7 Å². The van der Waals surface area contributed by atoms with Crippen molar-refractivity contribution >= 4 is 22.8 Å². The van der Waals surface area contributed by atoms with E-state index in [-0.39, 0.29) is 24.6 Å². The number of nitrogens with zero attached hydrogens (tertiary/aromatic N) is 2. The van der Waals surface area contributed by atoms with Gasteiger partial charge in [0.1, 0.15) is 29.9 Å². The average Bonchev–Trinajstić information content (AvgIpc) is 3.21. The molecule has 3 aliphatic rings. The van der Waals surface area contributed by atoms with Crippen LogP contribution in [0, 0.1) is 0 Å². The Morgan fingerprint density at radius 2 is 1.81 bits per heavy atom. The molecule has 3 heterocycles. The van der Waals surface area contributed by atoms with Gasteiger partial charge in [0.15, 0.2) is 0 Å². The van der Waals surface area contributed by atoms with Gasteiger partial charge in [0, 0.05) is 41.1 Å². The number of phenolic OH excluding ortho intramolecular Hbond substituents is 1. The van der Waals surface area contributed by atoms with Gasteiger partial charge >= 0.3 is 5.97 Å². The van der Waals surface area contributed by atoms with Crippen LogP contribution >= 0.6 is 0 Å². The maximum Gasteiger partial charge on any atom is 0.326 e. The molecule has 1 aromatic heterocycles. The standard InChI is InChI=1S/C34H34N2O6/c1-41-25-10-12-27-30(18-25)42-14-13-35-28-17-22(8-11-26(28)31(32(27)35)20-5-3-2-4-6-20)33(38)36-19-23-15-24(37)9-7-21(23)16-29(36)34(39)40/h7-12,15,17-18,20,29,37H,2-6,13-14,16,19H2,1H3,(H,39,40)/t29-/m0/s1. The zero-order chi connectivity index (χ0) is 29.0. The molecule has 4 aromatic rings. The van der Waals surface area contributed by atoms with E-state index in [0.717, 1.165) is 57.6 Å². The molecule has 0 spiro atoms. The number of phenols is 1. The average molecular weight is 567 g/mol. The lowest BCUT2D eigenvalue weighted by Crippen LogP contribution is -2.48. The minimum atomic E-state index is -1.04. The fraction of sp³-hybridized carbons (Fsp3) is 0.353. The maximum atomic E-state index is 14.0. The van der Waals surface area contributed by atoms with Crippen LogP contribution in [-0.2, 0) is 24.3 Å². The zero-order valence-electron chi connectivity index (χ0n) is 23.6. The third-order valence-electron chi connectivity index (χ3n) is 9.25. The molecule has 1 amide bonds. The van der Waals surface area contributed by atoms with Crippen LogP contribution in [0.5, 0.6) is 17.2 Å². The summed E-state index contributed by atoms with van der Waals surface area (Å²) in [6.45, 7) is 1.23. The summed E-state index contributed by atoms with van der Waals surface area (Å²) in [4.78, 5) is 27.7. The van der Waals surface area contributed by atoms with Crippen LogP contribution in [0.4, 0.5) is 0 Å². The van der Waals surface area contributed by atoms with E-state index in [1.807, 2.05) is 24.3 Å². The molecule has 1 aliphatic carbocycles. The van der Waals surface area contributed by atoms with E-state index in [4.69, 9.17) is 9.47 Å². The second kappa shape index (κ2) is 10.4. The van der Waals surface area contributed by atoms with Crippen molar-refractivity contribution in [2.45, 2.75) is 63.6 Å². The Balaban J connectivity index is 1.36. The van der Waals surface area contributed by atoms with Gasteiger partial charge in [0.05, 0.1) is 19.3 Å². The van der Waals surface area contributed by atoms with Gasteiger partial charge in [-0.2, -0.15) is 0 Å². The molecule has 1 fully saturated rings. The summed E-state index contributed by atoms with van der Waals surface area (Å²) in [5, 5.41) is 21.2. The van der Waals surface area contributed by atoms with Crippen LogP contribution in [0.2, 0.25) is 0 Å². The van der Waals surface area contributed by atoms with Crippen LogP contribution < -0.4 is 9.47 Å². The molecule has 2 N–H and O–H groups in total. The largest absolute Gasteiger partial charge is 0.508 e. The highest BCUT2D eigenvalue weighted by molar-refractivity contribution is 6.02. The molecule has 0 saturated heterocycles. The Hall–Kier alpha value is -4.46. The van der Waals surface area contributed by atoms with Crippen molar-refractivity contribution in [2.24, 2.45) is 0 Å². The lowest BCUT2D eigenvalue weighted by molar-refractivity contribution is -0.142. The summed E-state index contributed by atoms with van der Waals surface area (Å²) in [5.74, 6) is 0.683. The minimum absolute atomic E-state index is 0.0996. The Morgan fingerprint density at radius 3 is 2.60 bits per heavy atom. The van der Waals surface area contributed by atoms with E-state index in [2.05, 4.69) is 16.7 Å². The summed E-state index contributed by atoms with van der Waals surface area (Å²) in [5.41, 5.74) is 6.50. The Kier molecular flexibility index (Phi) is 6.56. The van der Waals surface area contributed by atoms with Crippen molar-refractivity contribution in [1.82, 2.24) is 9.47 Å². The van der Waals surface area contributed by atoms with Crippen molar-refractivity contribution < 1.29 is 29.3 Å². The molecule has 42 heavy (non-hydrogen) atoms. The summed E-state index contributed by atoms with van der Waals surface area (Å²) >= 11 is 0. The predicted molar refractivity (Wildman–Crippen MR) is 158 cm³/mol. The number of carboxylic acid groups (broad SMARTS) is 1. The molecule has 216 valence electrons. The SMILES string of the molecule is COc1ccc2c(c1)OCCn1c-2c(C2CCCCC2)c2ccc(C(=O)N3Cc4cc(O)ccc4C[C@H]3C(=O)O)cc21. The molecule has 8 heteroatoms. The highest BCUT2D eigenvalue weighted by atomic mass is 16.5. The van der Waals surface area contributed by atoms with Crippen LogP contribution in [-0.4, -0.2) is 51.3 Å². The maximum absolute atomic E-state index is 14.0. The number of carboxylic acids is 1. The quantitative estimate of drug-likeness (QED) is 0.309. The molecule has 3 aromatic carbocycles. The van der Waals surface area contributed by atoms with Gasteiger partial charge in [0.2, 0.25) is 0 Å². The highest BCUT2D eigenvalue weighted by Gasteiger charge is 2.36. The molecule has 1 atom stereocenters. The number of hydrogen-bond acceptors (Lipinski definition) is 5. The van der Waals surface area contributed by atoms with Gasteiger partial charge in [-0.05, 0) is 71.8 Å². The first-order chi connectivity index (χ1) is 20.4. The minimum Gasteiger partial charge on any atom is -0.508 e. The van der Waals surface area contributed by atoms with Gasteiger partial charge in [-0.3, -0.25) is 4.79 Å². The fourth-order valence-electron chi connectivity index (χ4n) is 7.20. The molecule has 8 nitrogen and oxygen atoms in total. The zero-order valence-corrected chi connectivity index (χ0v) is 23.6. The highest BCUT2D eigenvalue weighted by Crippen LogP contribution is 2.48. The van der Waals surface area contributed by atoms with E-state index in [1.165, 1.54) is 29.7 Å². The first-order valence-electron chi connectivity index (χ1n) is 14.7. The first kappa shape index (κ1) is 26.4. The Bertz CT molecular complexity index is 1720. The van der Waals surface area contributed by atoms with Gasteiger partial charge in [-0.25, -0.2) is 4.79 Å². The van der Waals surface area contributed by atoms with Crippen LogP contribution in [0.15, 0.2) is 54.6 Å². The Labute approximate surface area is 244 Å². The number of amides is 1. The van der Waals surface area contributed by atoms with Gasteiger partial charge in [0.25, 0.3) is 5.91 Å². The van der Waals surface area contributed by atoms with E-state index in [9.17, 15) is 19.8 Å². The summed E-state index contributed by atoms with van der Waals surface area (Å²) in [6, 6.07) is 15.7. The smallest absolute Gasteiger partial charge is 0.326 e. The van der Waals surface area contributed by atoms with Crippen molar-refractivity contribution in [3.05, 3.63) is 76.9 Å². The molecular formula is C34H34N2O6. The molecule has 0 unspecified atom stereocenters. The second-order valence-corrected chi connectivity index (χ2v) is 11.6. The van der Waals surface area contributed by atoms with Crippen molar-refractivity contribution in [1.29, 1.82) is 0 Å². The number of rotatable bonds is 4. The van der Waals surface area contributed by atoms with Crippen LogP contribution in [0.3, 0.4) is 0 Å². The molecular weight excluding hydrogens is 532 g/mol. The van der Waals surface area contributed by atoms with E-state index >= 15 is 0 Å². The fourth-order valence-corrected chi connectivity index (χ4v) is 7.20. The van der Waals surface area contributed by atoms with Gasteiger partial charge in [-0.15, -0.1) is 0 Å². The number of aromatic nitrogens is 1.